The van der Waals surface area contributed by atoms with Crippen LogP contribution in [0.1, 0.15) is 38.7 Å². The second-order valence-electron chi connectivity index (χ2n) is 6.58. The number of benzene rings is 1. The number of hydrogen-bond acceptors (Lipinski definition) is 2. The van der Waals surface area contributed by atoms with E-state index in [4.69, 9.17) is 0 Å². The predicted octanol–water partition coefficient (Wildman–Crippen LogP) is 3.43. The van der Waals surface area contributed by atoms with Gasteiger partial charge < -0.3 is 10.2 Å². The summed E-state index contributed by atoms with van der Waals surface area (Å²) in [5.41, 5.74) is 1.03. The zero-order valence-corrected chi connectivity index (χ0v) is 13.0. The van der Waals surface area contributed by atoms with Crippen molar-refractivity contribution >= 4 is 0 Å². The van der Waals surface area contributed by atoms with Gasteiger partial charge in [-0.25, -0.2) is 4.39 Å². The van der Waals surface area contributed by atoms with Crippen molar-refractivity contribution in [3.63, 3.8) is 0 Å². The highest BCUT2D eigenvalue weighted by Gasteiger charge is 2.28. The van der Waals surface area contributed by atoms with Crippen molar-refractivity contribution in [2.75, 3.05) is 20.1 Å². The zero-order chi connectivity index (χ0) is 14.6. The molecule has 0 heterocycles. The van der Waals surface area contributed by atoms with Gasteiger partial charge in [-0.3, -0.25) is 0 Å². The maximum atomic E-state index is 13.7. The molecular formula is C17H27FN2. The molecule has 0 spiro atoms. The van der Waals surface area contributed by atoms with Gasteiger partial charge in [-0.1, -0.05) is 32.0 Å². The standard InChI is InChI=1S/C17H27FN2/c1-4-17(2,12-19-15-9-10-15)13-20(3)11-14-7-5-6-8-16(14)18/h5-8,15,19H,4,9-13H2,1-3H3. The van der Waals surface area contributed by atoms with E-state index in [0.29, 0.717) is 6.54 Å². The molecule has 0 aliphatic heterocycles. The van der Waals surface area contributed by atoms with Crippen molar-refractivity contribution in [2.24, 2.45) is 5.41 Å². The van der Waals surface area contributed by atoms with E-state index < -0.39 is 0 Å². The van der Waals surface area contributed by atoms with Crippen LogP contribution in [-0.4, -0.2) is 31.1 Å². The third-order valence-electron chi connectivity index (χ3n) is 4.30. The molecule has 0 bridgehead atoms. The van der Waals surface area contributed by atoms with E-state index in [0.717, 1.165) is 31.1 Å². The van der Waals surface area contributed by atoms with Crippen LogP contribution in [0.2, 0.25) is 0 Å². The third-order valence-corrected chi connectivity index (χ3v) is 4.30. The van der Waals surface area contributed by atoms with Crippen molar-refractivity contribution in [3.05, 3.63) is 35.6 Å². The lowest BCUT2D eigenvalue weighted by Gasteiger charge is -2.33. The molecule has 0 saturated heterocycles. The van der Waals surface area contributed by atoms with Gasteiger partial charge in [-0.05, 0) is 37.8 Å². The molecule has 0 amide bonds. The molecule has 1 atom stereocenters. The quantitative estimate of drug-likeness (QED) is 0.784. The lowest BCUT2D eigenvalue weighted by atomic mass is 9.86. The SMILES string of the molecule is CCC(C)(CNC1CC1)CN(C)Cc1ccccc1F. The summed E-state index contributed by atoms with van der Waals surface area (Å²) in [6, 6.07) is 7.81. The first-order chi connectivity index (χ1) is 9.52. The van der Waals surface area contributed by atoms with Gasteiger partial charge >= 0.3 is 0 Å². The summed E-state index contributed by atoms with van der Waals surface area (Å²) in [6.45, 7) is 7.27. The van der Waals surface area contributed by atoms with Crippen LogP contribution < -0.4 is 5.32 Å². The molecule has 112 valence electrons. The molecule has 1 saturated carbocycles. The van der Waals surface area contributed by atoms with Crippen LogP contribution in [0.5, 0.6) is 0 Å². The molecule has 1 aromatic carbocycles. The summed E-state index contributed by atoms with van der Waals surface area (Å²) >= 11 is 0. The zero-order valence-electron chi connectivity index (χ0n) is 13.0. The number of rotatable bonds is 8. The largest absolute Gasteiger partial charge is 0.313 e. The molecule has 0 aromatic heterocycles. The van der Waals surface area contributed by atoms with Gasteiger partial charge in [0.25, 0.3) is 0 Å². The minimum absolute atomic E-state index is 0.103. The van der Waals surface area contributed by atoms with Crippen LogP contribution in [-0.2, 0) is 6.54 Å². The predicted molar refractivity (Wildman–Crippen MR) is 82.2 cm³/mol. The highest BCUT2D eigenvalue weighted by atomic mass is 19.1. The molecule has 1 aliphatic rings. The third kappa shape index (κ3) is 4.57. The molecule has 1 aliphatic carbocycles. The van der Waals surface area contributed by atoms with Gasteiger partial charge in [0.15, 0.2) is 0 Å². The highest BCUT2D eigenvalue weighted by molar-refractivity contribution is 5.17. The molecule has 2 nitrogen and oxygen atoms in total. The second-order valence-corrected chi connectivity index (χ2v) is 6.58. The topological polar surface area (TPSA) is 15.3 Å². The first-order valence-electron chi connectivity index (χ1n) is 7.68. The van der Waals surface area contributed by atoms with Gasteiger partial charge in [-0.2, -0.15) is 0 Å². The Balaban J connectivity index is 1.87. The smallest absolute Gasteiger partial charge is 0.127 e. The normalized spacial score (nSPS) is 18.2. The molecule has 1 unspecified atom stereocenters. The van der Waals surface area contributed by atoms with E-state index in [1.807, 2.05) is 12.1 Å². The Labute approximate surface area is 122 Å². The van der Waals surface area contributed by atoms with Crippen LogP contribution in [0.15, 0.2) is 24.3 Å². The van der Waals surface area contributed by atoms with E-state index in [2.05, 4.69) is 31.1 Å². The Bertz CT molecular complexity index is 431. The Morgan fingerprint density at radius 2 is 2.05 bits per heavy atom. The fraction of sp³-hybridized carbons (Fsp3) is 0.647. The van der Waals surface area contributed by atoms with Crippen molar-refractivity contribution in [1.82, 2.24) is 10.2 Å². The van der Waals surface area contributed by atoms with Crippen LogP contribution in [0.4, 0.5) is 4.39 Å². The average molecular weight is 278 g/mol. The summed E-state index contributed by atoms with van der Waals surface area (Å²) in [5.74, 6) is -0.103. The number of halogens is 1. The van der Waals surface area contributed by atoms with E-state index in [9.17, 15) is 4.39 Å². The monoisotopic (exact) mass is 278 g/mol. The average Bonchev–Trinajstić information content (AvgIpc) is 3.23. The first kappa shape index (κ1) is 15.5. The minimum Gasteiger partial charge on any atom is -0.313 e. The Kier molecular flexibility index (Phi) is 5.17. The molecule has 20 heavy (non-hydrogen) atoms. The number of hydrogen-bond donors (Lipinski definition) is 1. The molecule has 1 N–H and O–H groups in total. The van der Waals surface area contributed by atoms with Crippen molar-refractivity contribution < 1.29 is 4.39 Å². The lowest BCUT2D eigenvalue weighted by Crippen LogP contribution is -2.41. The van der Waals surface area contributed by atoms with Crippen molar-refractivity contribution in [3.8, 4) is 0 Å². The molecule has 0 radical (unpaired) electrons. The summed E-state index contributed by atoms with van der Waals surface area (Å²) in [7, 11) is 2.08. The van der Waals surface area contributed by atoms with Gasteiger partial charge in [-0.15, -0.1) is 0 Å². The maximum Gasteiger partial charge on any atom is 0.127 e. The van der Waals surface area contributed by atoms with E-state index >= 15 is 0 Å². The van der Waals surface area contributed by atoms with Crippen LogP contribution in [0.25, 0.3) is 0 Å². The van der Waals surface area contributed by atoms with Crippen LogP contribution in [0.3, 0.4) is 0 Å². The van der Waals surface area contributed by atoms with Gasteiger partial charge in [0.2, 0.25) is 0 Å². The van der Waals surface area contributed by atoms with Gasteiger partial charge in [0.05, 0.1) is 0 Å². The Morgan fingerprint density at radius 1 is 1.35 bits per heavy atom. The molecule has 1 fully saturated rings. The summed E-state index contributed by atoms with van der Waals surface area (Å²) < 4.78 is 13.7. The molecule has 1 aromatic rings. The number of nitrogens with one attached hydrogen (secondary N) is 1. The minimum atomic E-state index is -0.103. The number of nitrogens with zero attached hydrogens (tertiary/aromatic N) is 1. The highest BCUT2D eigenvalue weighted by Crippen LogP contribution is 2.25. The van der Waals surface area contributed by atoms with Crippen LogP contribution in [0, 0.1) is 11.2 Å². The fourth-order valence-corrected chi connectivity index (χ4v) is 2.60. The van der Waals surface area contributed by atoms with E-state index in [-0.39, 0.29) is 11.2 Å². The Morgan fingerprint density at radius 3 is 2.65 bits per heavy atom. The summed E-state index contributed by atoms with van der Waals surface area (Å²) in [6.07, 6.45) is 3.78. The Hall–Kier alpha value is -0.930. The molecule has 2 rings (SSSR count). The lowest BCUT2D eigenvalue weighted by molar-refractivity contribution is 0.173. The summed E-state index contributed by atoms with van der Waals surface area (Å²) in [4.78, 5) is 2.23. The van der Waals surface area contributed by atoms with Crippen LogP contribution >= 0.6 is 0 Å². The maximum absolute atomic E-state index is 13.7. The molecular weight excluding hydrogens is 251 g/mol. The van der Waals surface area contributed by atoms with E-state index in [1.54, 1.807) is 6.07 Å². The van der Waals surface area contributed by atoms with Crippen molar-refractivity contribution in [2.45, 2.75) is 45.7 Å². The fourth-order valence-electron chi connectivity index (χ4n) is 2.60. The second kappa shape index (κ2) is 6.68. The molecule has 3 heteroatoms. The van der Waals surface area contributed by atoms with Crippen molar-refractivity contribution in [1.29, 1.82) is 0 Å². The van der Waals surface area contributed by atoms with Gasteiger partial charge in [0.1, 0.15) is 5.82 Å². The van der Waals surface area contributed by atoms with E-state index in [1.165, 1.54) is 18.9 Å². The first-order valence-corrected chi connectivity index (χ1v) is 7.68. The summed E-state index contributed by atoms with van der Waals surface area (Å²) in [5, 5.41) is 3.63. The van der Waals surface area contributed by atoms with Gasteiger partial charge in [0, 0.05) is 31.2 Å².